The highest BCUT2D eigenvalue weighted by atomic mass is 16.2. The lowest BCUT2D eigenvalue weighted by Gasteiger charge is -2.45. The van der Waals surface area contributed by atoms with Crippen molar-refractivity contribution >= 4 is 11.8 Å². The Balaban J connectivity index is 1.79. The molecule has 3 aliphatic rings. The normalized spacial score (nSPS) is 37.4. The quantitative estimate of drug-likeness (QED) is 0.776. The van der Waals surface area contributed by atoms with Crippen LogP contribution in [-0.4, -0.2) is 59.9 Å². The second-order valence-electron chi connectivity index (χ2n) is 6.30. The number of hydrogen-bond donors (Lipinski definition) is 1. The van der Waals surface area contributed by atoms with Gasteiger partial charge in [-0.05, 0) is 52.1 Å². The van der Waals surface area contributed by atoms with Crippen LogP contribution in [0.3, 0.4) is 0 Å². The number of hydrogen-bond acceptors (Lipinski definition) is 3. The zero-order valence-corrected chi connectivity index (χ0v) is 11.8. The van der Waals surface area contributed by atoms with E-state index in [1.54, 1.807) is 0 Å². The van der Waals surface area contributed by atoms with E-state index in [2.05, 4.69) is 17.3 Å². The summed E-state index contributed by atoms with van der Waals surface area (Å²) in [5, 5.41) is 2.91. The SMILES string of the molecule is CC1C(=O)NC(C2CC2)C(=O)N1C1CCCN(C)C1. The summed E-state index contributed by atoms with van der Waals surface area (Å²) in [5.74, 6) is 0.549. The molecule has 1 aliphatic carbocycles. The van der Waals surface area contributed by atoms with Crippen molar-refractivity contribution in [2.75, 3.05) is 20.1 Å². The number of rotatable bonds is 2. The average Bonchev–Trinajstić information content (AvgIpc) is 3.18. The van der Waals surface area contributed by atoms with Crippen molar-refractivity contribution in [1.82, 2.24) is 15.1 Å². The third kappa shape index (κ3) is 2.36. The van der Waals surface area contributed by atoms with Crippen LogP contribution < -0.4 is 5.32 Å². The molecule has 0 aromatic carbocycles. The molecule has 1 N–H and O–H groups in total. The smallest absolute Gasteiger partial charge is 0.246 e. The summed E-state index contributed by atoms with van der Waals surface area (Å²) in [4.78, 5) is 28.9. The fourth-order valence-corrected chi connectivity index (χ4v) is 3.42. The van der Waals surface area contributed by atoms with E-state index in [9.17, 15) is 9.59 Å². The first-order chi connectivity index (χ1) is 9.08. The highest BCUT2D eigenvalue weighted by Gasteiger charge is 2.47. The van der Waals surface area contributed by atoms with E-state index in [-0.39, 0.29) is 29.9 Å². The number of carbonyl (C=O) groups excluding carboxylic acids is 2. The lowest BCUT2D eigenvalue weighted by molar-refractivity contribution is -0.153. The Bertz CT molecular complexity index is 394. The highest BCUT2D eigenvalue weighted by Crippen LogP contribution is 2.36. The number of likely N-dealkylation sites (N-methyl/N-ethyl adjacent to an activating group) is 1. The summed E-state index contributed by atoms with van der Waals surface area (Å²) in [6.45, 7) is 3.83. The van der Waals surface area contributed by atoms with Gasteiger partial charge < -0.3 is 15.1 Å². The predicted octanol–water partition coefficient (Wildman–Crippen LogP) is 0.206. The Labute approximate surface area is 114 Å². The highest BCUT2D eigenvalue weighted by molar-refractivity contribution is 5.97. The van der Waals surface area contributed by atoms with Crippen LogP contribution in [0.15, 0.2) is 0 Å². The second kappa shape index (κ2) is 4.78. The maximum absolute atomic E-state index is 12.7. The van der Waals surface area contributed by atoms with E-state index >= 15 is 0 Å². The molecule has 2 heterocycles. The number of amides is 2. The van der Waals surface area contributed by atoms with Gasteiger partial charge in [0.25, 0.3) is 0 Å². The largest absolute Gasteiger partial charge is 0.342 e. The Morgan fingerprint density at radius 1 is 1.21 bits per heavy atom. The second-order valence-corrected chi connectivity index (χ2v) is 6.30. The molecule has 3 unspecified atom stereocenters. The molecule has 1 saturated carbocycles. The van der Waals surface area contributed by atoms with Crippen molar-refractivity contribution < 1.29 is 9.59 Å². The molecular formula is C14H23N3O2. The van der Waals surface area contributed by atoms with Gasteiger partial charge in [-0.3, -0.25) is 9.59 Å². The number of piperazine rings is 1. The minimum absolute atomic E-state index is 0.0183. The Hall–Kier alpha value is -1.10. The number of likely N-dealkylation sites (tertiary alicyclic amines) is 1. The fourth-order valence-electron chi connectivity index (χ4n) is 3.42. The van der Waals surface area contributed by atoms with Gasteiger partial charge in [0.05, 0.1) is 0 Å². The zero-order chi connectivity index (χ0) is 13.6. The molecule has 0 aromatic rings. The third-order valence-electron chi connectivity index (χ3n) is 4.70. The van der Waals surface area contributed by atoms with Crippen LogP contribution in [0.5, 0.6) is 0 Å². The van der Waals surface area contributed by atoms with Crippen LogP contribution in [0.4, 0.5) is 0 Å². The fraction of sp³-hybridized carbons (Fsp3) is 0.857. The number of nitrogens with one attached hydrogen (secondary N) is 1. The summed E-state index contributed by atoms with van der Waals surface area (Å²) in [7, 11) is 2.09. The monoisotopic (exact) mass is 265 g/mol. The standard InChI is InChI=1S/C14H23N3O2/c1-9-13(18)15-12(10-5-6-10)14(19)17(9)11-4-3-7-16(2)8-11/h9-12H,3-8H2,1-2H3,(H,15,18). The predicted molar refractivity (Wildman–Crippen MR) is 71.5 cm³/mol. The average molecular weight is 265 g/mol. The van der Waals surface area contributed by atoms with Crippen molar-refractivity contribution in [3.63, 3.8) is 0 Å². The molecule has 2 aliphatic heterocycles. The van der Waals surface area contributed by atoms with E-state index in [0.717, 1.165) is 38.8 Å². The van der Waals surface area contributed by atoms with Gasteiger partial charge >= 0.3 is 0 Å². The van der Waals surface area contributed by atoms with Gasteiger partial charge in [0.1, 0.15) is 12.1 Å². The molecule has 0 spiro atoms. The van der Waals surface area contributed by atoms with Crippen molar-refractivity contribution in [2.24, 2.45) is 5.92 Å². The van der Waals surface area contributed by atoms with Crippen LogP contribution in [0.1, 0.15) is 32.6 Å². The first kappa shape index (κ1) is 12.9. The first-order valence-corrected chi connectivity index (χ1v) is 7.39. The Kier molecular flexibility index (Phi) is 3.25. The first-order valence-electron chi connectivity index (χ1n) is 7.39. The molecule has 0 aromatic heterocycles. The number of carbonyl (C=O) groups is 2. The molecule has 3 fully saturated rings. The molecule has 0 radical (unpaired) electrons. The van der Waals surface area contributed by atoms with Crippen LogP contribution in [0.2, 0.25) is 0 Å². The van der Waals surface area contributed by atoms with Gasteiger partial charge in [0.2, 0.25) is 11.8 Å². The molecule has 3 rings (SSSR count). The minimum atomic E-state index is -0.320. The van der Waals surface area contributed by atoms with Gasteiger partial charge in [-0.2, -0.15) is 0 Å². The molecule has 0 bridgehead atoms. The van der Waals surface area contributed by atoms with Crippen LogP contribution in [0.25, 0.3) is 0 Å². The molecule has 5 nitrogen and oxygen atoms in total. The van der Waals surface area contributed by atoms with Gasteiger partial charge in [-0.25, -0.2) is 0 Å². The minimum Gasteiger partial charge on any atom is -0.342 e. The van der Waals surface area contributed by atoms with Crippen molar-refractivity contribution in [3.05, 3.63) is 0 Å². The zero-order valence-electron chi connectivity index (χ0n) is 11.8. The molecule has 2 saturated heterocycles. The number of nitrogens with zero attached hydrogens (tertiary/aromatic N) is 2. The Morgan fingerprint density at radius 3 is 2.58 bits per heavy atom. The van der Waals surface area contributed by atoms with Gasteiger partial charge in [-0.15, -0.1) is 0 Å². The summed E-state index contributed by atoms with van der Waals surface area (Å²) in [6, 6.07) is -0.372. The topological polar surface area (TPSA) is 52.7 Å². The van der Waals surface area contributed by atoms with Gasteiger partial charge in [0, 0.05) is 12.6 Å². The van der Waals surface area contributed by atoms with E-state index in [1.165, 1.54) is 0 Å². The van der Waals surface area contributed by atoms with E-state index in [1.807, 2.05) is 11.8 Å². The molecule has 106 valence electrons. The van der Waals surface area contributed by atoms with Crippen molar-refractivity contribution in [2.45, 2.75) is 50.7 Å². The molecule has 5 heteroatoms. The van der Waals surface area contributed by atoms with E-state index in [0.29, 0.717) is 5.92 Å². The lowest BCUT2D eigenvalue weighted by Crippen LogP contribution is -2.67. The third-order valence-corrected chi connectivity index (χ3v) is 4.70. The lowest BCUT2D eigenvalue weighted by atomic mass is 9.97. The van der Waals surface area contributed by atoms with Crippen molar-refractivity contribution in [1.29, 1.82) is 0 Å². The molecule has 2 amide bonds. The molecular weight excluding hydrogens is 242 g/mol. The van der Waals surface area contributed by atoms with Gasteiger partial charge in [0.15, 0.2) is 0 Å². The molecule has 3 atom stereocenters. The summed E-state index contributed by atoms with van der Waals surface area (Å²) < 4.78 is 0. The Morgan fingerprint density at radius 2 is 1.95 bits per heavy atom. The molecule has 19 heavy (non-hydrogen) atoms. The van der Waals surface area contributed by atoms with Crippen LogP contribution >= 0.6 is 0 Å². The summed E-state index contributed by atoms with van der Waals surface area (Å²) in [6.07, 6.45) is 4.27. The van der Waals surface area contributed by atoms with Gasteiger partial charge in [-0.1, -0.05) is 0 Å². The maximum Gasteiger partial charge on any atom is 0.246 e. The number of piperidine rings is 1. The maximum atomic E-state index is 12.7. The summed E-state index contributed by atoms with van der Waals surface area (Å²) in [5.41, 5.74) is 0. The van der Waals surface area contributed by atoms with Crippen LogP contribution in [0, 0.1) is 5.92 Å². The van der Waals surface area contributed by atoms with Crippen molar-refractivity contribution in [3.8, 4) is 0 Å². The summed E-state index contributed by atoms with van der Waals surface area (Å²) >= 11 is 0. The van der Waals surface area contributed by atoms with E-state index in [4.69, 9.17) is 0 Å². The van der Waals surface area contributed by atoms with Crippen LogP contribution in [-0.2, 0) is 9.59 Å². The van der Waals surface area contributed by atoms with E-state index < -0.39 is 0 Å².